The minimum Gasteiger partial charge on any atom is -0.509 e. The van der Waals surface area contributed by atoms with Crippen molar-refractivity contribution in [2.75, 3.05) is 26.2 Å². The lowest BCUT2D eigenvalue weighted by Crippen LogP contribution is -2.78. The second-order valence-corrected chi connectivity index (χ2v) is 27.9. The van der Waals surface area contributed by atoms with Crippen LogP contribution in [0.4, 0.5) is 0 Å². The third-order valence-electron chi connectivity index (χ3n) is 25.3. The molecule has 18 aliphatic rings. The first-order chi connectivity index (χ1) is 35.3. The Bertz CT molecular complexity index is 2610. The van der Waals surface area contributed by atoms with Crippen LogP contribution in [0.2, 0.25) is 0 Å². The predicted octanol–water partition coefficient (Wildman–Crippen LogP) is 12.4. The van der Waals surface area contributed by atoms with Gasteiger partial charge in [-0.05, 0) is 186 Å². The van der Waals surface area contributed by atoms with Gasteiger partial charge in [-0.1, -0.05) is 99.3 Å². The molecule has 8 heteroatoms. The van der Waals surface area contributed by atoms with Crippen molar-refractivity contribution in [2.24, 2.45) is 87.1 Å². The Balaban J connectivity index is 0.966. The molecule has 384 valence electrons. The van der Waals surface area contributed by atoms with Gasteiger partial charge in [0.1, 0.15) is 11.2 Å². The zero-order valence-electron chi connectivity index (χ0n) is 43.4. The number of benzene rings is 1. The lowest BCUT2D eigenvalue weighted by molar-refractivity contribution is -0.282. The quantitative estimate of drug-likeness (QED) is 0.215. The molecule has 12 bridgehead atoms. The van der Waals surface area contributed by atoms with Crippen LogP contribution in [-0.2, 0) is 26.3 Å². The molecule has 4 spiro atoms. The van der Waals surface area contributed by atoms with Crippen LogP contribution in [0.5, 0.6) is 0 Å². The average Bonchev–Trinajstić information content (AvgIpc) is 4.28. The third-order valence-corrected chi connectivity index (χ3v) is 25.3. The second kappa shape index (κ2) is 16.1. The Kier molecular flexibility index (Phi) is 10.0. The Morgan fingerprint density at radius 1 is 0.764 bits per heavy atom. The number of carbonyl (C=O) groups excluding carboxylic acids is 2. The number of aliphatic hydroxyl groups excluding tert-OH is 1. The number of aliphatic hydroxyl groups is 1. The number of hydrogen-bond donors (Lipinski definition) is 2. The molecule has 3 saturated heterocycles. The van der Waals surface area contributed by atoms with Gasteiger partial charge in [-0.15, -0.1) is 0 Å². The maximum absolute atomic E-state index is 16.6. The van der Waals surface area contributed by atoms with E-state index in [0.717, 1.165) is 55.8 Å². The normalized spacial score (nSPS) is 45.3. The van der Waals surface area contributed by atoms with Gasteiger partial charge in [0.15, 0.2) is 11.4 Å². The van der Waals surface area contributed by atoms with Crippen molar-refractivity contribution < 1.29 is 24.2 Å². The van der Waals surface area contributed by atoms with Crippen LogP contribution in [0.3, 0.4) is 0 Å². The Labute approximate surface area is 429 Å². The topological polar surface area (TPSA) is 105 Å². The standard InChI is InChI=1S/C64H83N3O5/c65-27-9-15-40-14-8-16-49-54(40)59(69)72-64(49)53-31-41(38-10-4-5-11-38)17-18-42-29-48-47(39-12-2-1-3-13-39)30-43-19-20-50-45-28-37-34-66(36-45)51(44-21-25-61(33-44)23-6-7-24-61)32-52(68)58-62(64)26-22-46(55(48)57(43)67(50)35-37)56(42)63(53,62)60(70)71-58/h8,14,16-18,37-39,41-42,44-45,47-48,50-51,53,55,68H,1-7,9-13,15,19-36,65H2. The van der Waals surface area contributed by atoms with Crippen LogP contribution < -0.4 is 5.73 Å². The Hall–Kier alpha value is -3.36. The van der Waals surface area contributed by atoms with Gasteiger partial charge in [-0.25, -0.2) is 4.79 Å². The fourth-order valence-corrected chi connectivity index (χ4v) is 23.0. The SMILES string of the molecule is NCCCc1cccc2c1C(=O)OC21C2CC(C3CCCC3)C=CC3CC4C5C6=C3C23C(=O)OC(=C(O)CC(C2CCC7(CCCC7)C2)N2CC7CC(C2)C2CCC(=C5N2C7)CC4C2CCCCC2)C31CC6. The van der Waals surface area contributed by atoms with E-state index < -0.39 is 16.4 Å². The molecule has 8 fully saturated rings. The highest BCUT2D eigenvalue weighted by atomic mass is 16.6. The molecule has 9 heterocycles. The minimum atomic E-state index is -1.13. The van der Waals surface area contributed by atoms with Gasteiger partial charge in [-0.2, -0.15) is 0 Å². The molecule has 15 unspecified atom stereocenters. The van der Waals surface area contributed by atoms with Crippen LogP contribution in [-0.4, -0.2) is 65.1 Å². The highest BCUT2D eigenvalue weighted by molar-refractivity contribution is 6.00. The minimum absolute atomic E-state index is 0.122. The molecule has 1 aromatic rings. The number of fused-ring (bicyclic) bond motifs is 3. The first-order valence-electron chi connectivity index (χ1n) is 30.6. The molecule has 1 aromatic carbocycles. The zero-order chi connectivity index (χ0) is 47.9. The van der Waals surface area contributed by atoms with Crippen LogP contribution in [0, 0.1) is 81.3 Å². The van der Waals surface area contributed by atoms with Crippen LogP contribution >= 0.6 is 0 Å². The van der Waals surface area contributed by atoms with Crippen LogP contribution in [0.15, 0.2) is 64.3 Å². The van der Waals surface area contributed by atoms with E-state index in [2.05, 4.69) is 40.2 Å². The molecular weight excluding hydrogens is 891 g/mol. The summed E-state index contributed by atoms with van der Waals surface area (Å²) in [5.41, 5.74) is 12.6. The van der Waals surface area contributed by atoms with E-state index in [4.69, 9.17) is 15.2 Å². The van der Waals surface area contributed by atoms with Gasteiger partial charge in [0.2, 0.25) is 0 Å². The molecule has 9 aliphatic heterocycles. The van der Waals surface area contributed by atoms with Gasteiger partial charge in [-0.3, -0.25) is 9.69 Å². The lowest BCUT2D eigenvalue weighted by atomic mass is 9.27. The van der Waals surface area contributed by atoms with E-state index in [1.165, 1.54) is 141 Å². The van der Waals surface area contributed by atoms with Crippen molar-refractivity contribution >= 4 is 11.9 Å². The number of piperidine rings is 2. The number of ether oxygens (including phenoxy) is 2. The second-order valence-electron chi connectivity index (χ2n) is 27.9. The molecule has 0 amide bonds. The summed E-state index contributed by atoms with van der Waals surface area (Å²) in [6.45, 7) is 3.92. The van der Waals surface area contributed by atoms with Gasteiger partial charge < -0.3 is 25.2 Å². The van der Waals surface area contributed by atoms with Crippen molar-refractivity contribution in [3.05, 3.63) is 81.0 Å². The monoisotopic (exact) mass is 974 g/mol. The van der Waals surface area contributed by atoms with E-state index in [9.17, 15) is 5.11 Å². The summed E-state index contributed by atoms with van der Waals surface area (Å²) in [7, 11) is 0. The zero-order valence-corrected chi connectivity index (χ0v) is 43.4. The molecule has 15 atom stereocenters. The summed E-state index contributed by atoms with van der Waals surface area (Å²) in [6, 6.07) is 7.23. The van der Waals surface area contributed by atoms with E-state index in [1.807, 2.05) is 0 Å². The van der Waals surface area contributed by atoms with E-state index in [1.54, 1.807) is 16.8 Å². The van der Waals surface area contributed by atoms with E-state index in [0.29, 0.717) is 95.8 Å². The Morgan fingerprint density at radius 3 is 2.44 bits per heavy atom. The van der Waals surface area contributed by atoms with Gasteiger partial charge in [0.05, 0.1) is 11.0 Å². The van der Waals surface area contributed by atoms with Gasteiger partial charge >= 0.3 is 11.9 Å². The molecule has 72 heavy (non-hydrogen) atoms. The number of allylic oxidation sites excluding steroid dienone is 4. The number of rotatable bonds is 6. The molecule has 3 N–H and O–H groups in total. The summed E-state index contributed by atoms with van der Waals surface area (Å²) < 4.78 is 14.7. The molecule has 19 rings (SSSR count). The average molecular weight is 974 g/mol. The number of hydrogen-bond acceptors (Lipinski definition) is 8. The van der Waals surface area contributed by atoms with Crippen molar-refractivity contribution in [3.8, 4) is 0 Å². The number of nitrogens with two attached hydrogens (primary N) is 1. The van der Waals surface area contributed by atoms with Gasteiger partial charge in [0, 0.05) is 61.2 Å². The van der Waals surface area contributed by atoms with Crippen molar-refractivity contribution in [1.82, 2.24) is 9.80 Å². The highest BCUT2D eigenvalue weighted by Crippen LogP contribution is 2.88. The molecular formula is C64H83N3O5. The Morgan fingerprint density at radius 2 is 1.60 bits per heavy atom. The molecule has 0 radical (unpaired) electrons. The summed E-state index contributed by atoms with van der Waals surface area (Å²) >= 11 is 0. The summed E-state index contributed by atoms with van der Waals surface area (Å²) in [5, 5.41) is 13.7. The maximum atomic E-state index is 16.6. The van der Waals surface area contributed by atoms with Gasteiger partial charge in [0.25, 0.3) is 0 Å². The first kappa shape index (κ1) is 44.9. The fourth-order valence-electron chi connectivity index (χ4n) is 23.0. The summed E-state index contributed by atoms with van der Waals surface area (Å²) in [4.78, 5) is 37.9. The lowest BCUT2D eigenvalue weighted by Gasteiger charge is -2.73. The number of aryl methyl sites for hydroxylation is 1. The first-order valence-corrected chi connectivity index (χ1v) is 30.6. The molecule has 0 aromatic heterocycles. The highest BCUT2D eigenvalue weighted by Gasteiger charge is 2.94. The van der Waals surface area contributed by atoms with Crippen molar-refractivity contribution in [1.29, 1.82) is 0 Å². The molecule has 5 saturated carbocycles. The fraction of sp³-hybridized carbons (Fsp3) is 0.750. The molecule has 9 aliphatic carbocycles. The van der Waals surface area contributed by atoms with E-state index >= 15 is 9.59 Å². The largest absolute Gasteiger partial charge is 0.509 e. The summed E-state index contributed by atoms with van der Waals surface area (Å²) in [5.74, 6) is 5.15. The smallest absolute Gasteiger partial charge is 0.339 e. The summed E-state index contributed by atoms with van der Waals surface area (Å²) in [6.07, 6.45) is 36.9. The number of nitrogens with zero attached hydrogens (tertiary/aromatic N) is 2. The van der Waals surface area contributed by atoms with Crippen LogP contribution in [0.25, 0.3) is 0 Å². The number of esters is 2. The molecule has 8 nitrogen and oxygen atoms in total. The van der Waals surface area contributed by atoms with E-state index in [-0.39, 0.29) is 35.7 Å². The van der Waals surface area contributed by atoms with Crippen molar-refractivity contribution in [2.45, 2.75) is 191 Å². The van der Waals surface area contributed by atoms with Crippen molar-refractivity contribution in [3.63, 3.8) is 0 Å². The number of carbonyl (C=O) groups is 2. The van der Waals surface area contributed by atoms with Crippen LogP contribution in [0.1, 0.15) is 188 Å². The predicted molar refractivity (Wildman–Crippen MR) is 277 cm³/mol. The maximum Gasteiger partial charge on any atom is 0.339 e. The third kappa shape index (κ3) is 5.69.